The third-order valence-corrected chi connectivity index (χ3v) is 2.76. The molecule has 0 saturated carbocycles. The first-order valence-electron chi connectivity index (χ1n) is 5.94. The first-order valence-corrected chi connectivity index (χ1v) is 5.94. The first kappa shape index (κ1) is 14.3. The highest BCUT2D eigenvalue weighted by Gasteiger charge is 2.17. The van der Waals surface area contributed by atoms with Crippen LogP contribution in [0.3, 0.4) is 0 Å². The maximum Gasteiger partial charge on any atom is 0.310 e. The summed E-state index contributed by atoms with van der Waals surface area (Å²) in [6.45, 7) is 0. The predicted octanol–water partition coefficient (Wildman–Crippen LogP) is 2.56. The summed E-state index contributed by atoms with van der Waals surface area (Å²) in [5, 5.41) is 22.6. The zero-order valence-electron chi connectivity index (χ0n) is 11.1. The molecule has 21 heavy (non-hydrogen) atoms. The van der Waals surface area contributed by atoms with Crippen LogP contribution in [0.5, 0.6) is 11.5 Å². The number of nitro groups is 1. The van der Waals surface area contributed by atoms with Gasteiger partial charge in [-0.15, -0.1) is 0 Å². The SMILES string of the molecule is COc1cc(C(=O)Nc2ccc(O)cc2)ccc1[N+](=O)[O-]. The number of hydrogen-bond acceptors (Lipinski definition) is 5. The summed E-state index contributed by atoms with van der Waals surface area (Å²) < 4.78 is 4.91. The first-order chi connectivity index (χ1) is 10.0. The molecule has 0 bridgehead atoms. The van der Waals surface area contributed by atoms with Crippen LogP contribution in [-0.4, -0.2) is 23.0 Å². The maximum atomic E-state index is 12.0. The van der Waals surface area contributed by atoms with Crippen LogP contribution in [-0.2, 0) is 0 Å². The molecule has 0 aromatic heterocycles. The molecule has 0 atom stereocenters. The lowest BCUT2D eigenvalue weighted by atomic mass is 10.1. The number of phenols is 1. The van der Waals surface area contributed by atoms with Crippen molar-refractivity contribution in [3.05, 3.63) is 58.1 Å². The topological polar surface area (TPSA) is 102 Å². The maximum absolute atomic E-state index is 12.0. The number of aromatic hydroxyl groups is 1. The van der Waals surface area contributed by atoms with Crippen molar-refractivity contribution in [2.75, 3.05) is 12.4 Å². The molecule has 0 radical (unpaired) electrons. The van der Waals surface area contributed by atoms with E-state index in [0.717, 1.165) is 0 Å². The van der Waals surface area contributed by atoms with Crippen molar-refractivity contribution in [3.8, 4) is 11.5 Å². The van der Waals surface area contributed by atoms with Crippen LogP contribution in [0.1, 0.15) is 10.4 Å². The molecule has 0 unspecified atom stereocenters. The lowest BCUT2D eigenvalue weighted by molar-refractivity contribution is -0.385. The third-order valence-electron chi connectivity index (χ3n) is 2.76. The molecule has 0 aliphatic carbocycles. The Labute approximate surface area is 119 Å². The number of nitrogens with one attached hydrogen (secondary N) is 1. The predicted molar refractivity (Wildman–Crippen MR) is 75.7 cm³/mol. The van der Waals surface area contributed by atoms with Gasteiger partial charge in [0.1, 0.15) is 5.75 Å². The summed E-state index contributed by atoms with van der Waals surface area (Å²) >= 11 is 0. The molecule has 0 heterocycles. The number of rotatable bonds is 4. The number of anilines is 1. The van der Waals surface area contributed by atoms with Crippen LogP contribution in [0.15, 0.2) is 42.5 Å². The second kappa shape index (κ2) is 5.91. The Hall–Kier alpha value is -3.09. The summed E-state index contributed by atoms with van der Waals surface area (Å²) in [7, 11) is 1.30. The van der Waals surface area contributed by atoms with E-state index in [-0.39, 0.29) is 22.7 Å². The van der Waals surface area contributed by atoms with Gasteiger partial charge in [-0.3, -0.25) is 14.9 Å². The molecule has 2 aromatic rings. The number of carbonyl (C=O) groups is 1. The van der Waals surface area contributed by atoms with E-state index >= 15 is 0 Å². The molecule has 2 rings (SSSR count). The summed E-state index contributed by atoms with van der Waals surface area (Å²) in [5.74, 6) is -0.336. The van der Waals surface area contributed by atoms with E-state index in [9.17, 15) is 14.9 Å². The molecule has 0 fully saturated rings. The number of methoxy groups -OCH3 is 1. The molecule has 0 aliphatic rings. The molecule has 7 heteroatoms. The average molecular weight is 288 g/mol. The van der Waals surface area contributed by atoms with Crippen LogP contribution < -0.4 is 10.1 Å². The van der Waals surface area contributed by atoms with Gasteiger partial charge in [0.2, 0.25) is 0 Å². The molecule has 0 spiro atoms. The van der Waals surface area contributed by atoms with Gasteiger partial charge in [-0.1, -0.05) is 0 Å². The van der Waals surface area contributed by atoms with Gasteiger partial charge in [0.05, 0.1) is 12.0 Å². The van der Waals surface area contributed by atoms with Crippen molar-refractivity contribution in [1.82, 2.24) is 0 Å². The van der Waals surface area contributed by atoms with Crippen molar-refractivity contribution in [2.45, 2.75) is 0 Å². The summed E-state index contributed by atoms with van der Waals surface area (Å²) in [6.07, 6.45) is 0. The number of hydrogen-bond donors (Lipinski definition) is 2. The summed E-state index contributed by atoms with van der Waals surface area (Å²) in [5.41, 5.74) is 0.513. The van der Waals surface area contributed by atoms with Gasteiger partial charge in [0.25, 0.3) is 5.91 Å². The standard InChI is InChI=1S/C14H12N2O5/c1-21-13-8-9(2-7-12(13)16(19)20)14(18)15-10-3-5-11(17)6-4-10/h2-8,17H,1H3,(H,15,18). The Morgan fingerprint density at radius 3 is 2.48 bits per heavy atom. The molecule has 1 amide bonds. The number of amides is 1. The fourth-order valence-electron chi connectivity index (χ4n) is 1.72. The number of carbonyl (C=O) groups excluding carboxylic acids is 1. The Kier molecular flexibility index (Phi) is 4.03. The second-order valence-electron chi connectivity index (χ2n) is 4.14. The van der Waals surface area contributed by atoms with E-state index in [0.29, 0.717) is 5.69 Å². The van der Waals surface area contributed by atoms with Gasteiger partial charge < -0.3 is 15.2 Å². The van der Waals surface area contributed by atoms with Crippen LogP contribution in [0.25, 0.3) is 0 Å². The highest BCUT2D eigenvalue weighted by molar-refractivity contribution is 6.04. The Morgan fingerprint density at radius 2 is 1.90 bits per heavy atom. The quantitative estimate of drug-likeness (QED) is 0.511. The van der Waals surface area contributed by atoms with Crippen LogP contribution >= 0.6 is 0 Å². The van der Waals surface area contributed by atoms with E-state index in [4.69, 9.17) is 9.84 Å². The average Bonchev–Trinajstić information content (AvgIpc) is 2.48. The molecule has 108 valence electrons. The molecule has 0 saturated heterocycles. The monoisotopic (exact) mass is 288 g/mol. The molecule has 7 nitrogen and oxygen atoms in total. The number of phenolic OH excluding ortho intramolecular Hbond substituents is 1. The lowest BCUT2D eigenvalue weighted by Crippen LogP contribution is -2.12. The van der Waals surface area contributed by atoms with Gasteiger partial charge in [-0.05, 0) is 30.3 Å². The number of ether oxygens (including phenoxy) is 1. The normalized spacial score (nSPS) is 9.95. The molecular formula is C14H12N2O5. The molecule has 2 aromatic carbocycles. The smallest absolute Gasteiger partial charge is 0.310 e. The molecule has 0 aliphatic heterocycles. The Balaban J connectivity index is 2.23. The van der Waals surface area contributed by atoms with Crippen molar-refractivity contribution < 1.29 is 19.6 Å². The number of nitrogens with zero attached hydrogens (tertiary/aromatic N) is 1. The Morgan fingerprint density at radius 1 is 1.24 bits per heavy atom. The fraction of sp³-hybridized carbons (Fsp3) is 0.0714. The van der Waals surface area contributed by atoms with E-state index in [1.807, 2.05) is 0 Å². The second-order valence-corrected chi connectivity index (χ2v) is 4.14. The summed E-state index contributed by atoms with van der Waals surface area (Å²) in [6, 6.07) is 9.80. The number of nitro benzene ring substituents is 1. The summed E-state index contributed by atoms with van der Waals surface area (Å²) in [4.78, 5) is 22.3. The van der Waals surface area contributed by atoms with Crippen LogP contribution in [0.4, 0.5) is 11.4 Å². The minimum Gasteiger partial charge on any atom is -0.508 e. The van der Waals surface area contributed by atoms with Gasteiger partial charge in [0.15, 0.2) is 5.75 Å². The Bertz CT molecular complexity index is 682. The van der Waals surface area contributed by atoms with E-state index in [2.05, 4.69) is 5.32 Å². The minimum absolute atomic E-state index is 0.0124. The van der Waals surface area contributed by atoms with Crippen LogP contribution in [0, 0.1) is 10.1 Å². The molecular weight excluding hydrogens is 276 g/mol. The van der Waals surface area contributed by atoms with Crippen LogP contribution in [0.2, 0.25) is 0 Å². The van der Waals surface area contributed by atoms with Crippen molar-refractivity contribution >= 4 is 17.3 Å². The van der Waals surface area contributed by atoms with Crippen molar-refractivity contribution in [1.29, 1.82) is 0 Å². The number of benzene rings is 2. The highest BCUT2D eigenvalue weighted by atomic mass is 16.6. The zero-order valence-corrected chi connectivity index (χ0v) is 11.1. The third kappa shape index (κ3) is 3.27. The lowest BCUT2D eigenvalue weighted by Gasteiger charge is -2.07. The largest absolute Gasteiger partial charge is 0.508 e. The van der Waals surface area contributed by atoms with Crippen molar-refractivity contribution in [2.24, 2.45) is 0 Å². The van der Waals surface area contributed by atoms with Gasteiger partial charge in [-0.25, -0.2) is 0 Å². The van der Waals surface area contributed by atoms with E-state index in [1.165, 1.54) is 49.6 Å². The van der Waals surface area contributed by atoms with Crippen molar-refractivity contribution in [3.63, 3.8) is 0 Å². The zero-order chi connectivity index (χ0) is 15.4. The van der Waals surface area contributed by atoms with Gasteiger partial charge in [0, 0.05) is 23.4 Å². The van der Waals surface area contributed by atoms with Gasteiger partial charge in [-0.2, -0.15) is 0 Å². The van der Waals surface area contributed by atoms with E-state index < -0.39 is 10.8 Å². The highest BCUT2D eigenvalue weighted by Crippen LogP contribution is 2.27. The van der Waals surface area contributed by atoms with Gasteiger partial charge >= 0.3 is 5.69 Å². The van der Waals surface area contributed by atoms with E-state index in [1.54, 1.807) is 0 Å². The molecule has 2 N–H and O–H groups in total. The minimum atomic E-state index is -0.583. The fourth-order valence-corrected chi connectivity index (χ4v) is 1.72.